The van der Waals surface area contributed by atoms with Crippen LogP contribution in [0.25, 0.3) is 0 Å². The van der Waals surface area contributed by atoms with Gasteiger partial charge in [-0.1, -0.05) is 62.1 Å². The quantitative estimate of drug-likeness (QED) is 0.554. The summed E-state index contributed by atoms with van der Waals surface area (Å²) in [6.07, 6.45) is 1.22. The number of hydrogen-bond acceptors (Lipinski definition) is 6. The van der Waals surface area contributed by atoms with E-state index < -0.39 is 0 Å². The van der Waals surface area contributed by atoms with Crippen LogP contribution in [0, 0.1) is 5.92 Å². The summed E-state index contributed by atoms with van der Waals surface area (Å²) in [5.41, 5.74) is 2.07. The van der Waals surface area contributed by atoms with E-state index in [0.717, 1.165) is 27.8 Å². The van der Waals surface area contributed by atoms with Crippen molar-refractivity contribution in [2.24, 2.45) is 5.92 Å². The third-order valence-corrected chi connectivity index (χ3v) is 6.63. The van der Waals surface area contributed by atoms with Gasteiger partial charge in [0.2, 0.25) is 16.9 Å². The maximum absolute atomic E-state index is 12.6. The van der Waals surface area contributed by atoms with Gasteiger partial charge in [-0.3, -0.25) is 9.59 Å². The number of benzene rings is 1. The van der Waals surface area contributed by atoms with Crippen LogP contribution in [0.2, 0.25) is 0 Å². The number of carbonyl (C=O) groups excluding carboxylic acids is 2. The molecule has 1 N–H and O–H groups in total. The fourth-order valence-corrected chi connectivity index (χ4v) is 4.79. The second kappa shape index (κ2) is 8.84. The van der Waals surface area contributed by atoms with Crippen LogP contribution in [0.1, 0.15) is 45.1 Å². The Morgan fingerprint density at radius 2 is 2.15 bits per heavy atom. The van der Waals surface area contributed by atoms with Crippen molar-refractivity contribution < 1.29 is 9.59 Å². The maximum Gasteiger partial charge on any atom is 0.231 e. The number of carbonyl (C=O) groups is 2. The van der Waals surface area contributed by atoms with Gasteiger partial charge in [0.05, 0.1) is 5.92 Å². The lowest BCUT2D eigenvalue weighted by Gasteiger charge is -2.23. The summed E-state index contributed by atoms with van der Waals surface area (Å²) in [5, 5.41) is 11.4. The number of hydrogen-bond donors (Lipinski definition) is 1. The maximum atomic E-state index is 12.6. The van der Waals surface area contributed by atoms with Gasteiger partial charge in [-0.05, 0) is 29.7 Å². The Balaban J connectivity index is 1.71. The van der Waals surface area contributed by atoms with Gasteiger partial charge >= 0.3 is 0 Å². The van der Waals surface area contributed by atoms with Crippen LogP contribution in [-0.4, -0.2) is 34.3 Å². The number of thioether (sulfide) groups is 1. The lowest BCUT2D eigenvalue weighted by Crippen LogP contribution is -2.29. The predicted octanol–water partition coefficient (Wildman–Crippen LogP) is 4.16. The van der Waals surface area contributed by atoms with Crippen LogP contribution in [0.4, 0.5) is 10.8 Å². The molecule has 2 heterocycles. The second-order valence-corrected chi connectivity index (χ2v) is 9.06. The molecular weight excluding hydrogens is 380 g/mol. The molecule has 1 aromatic carbocycles. The molecule has 0 bridgehead atoms. The molecule has 27 heavy (non-hydrogen) atoms. The number of para-hydroxylation sites is 1. The molecule has 1 aliphatic rings. The molecule has 6 nitrogen and oxygen atoms in total. The Hall–Kier alpha value is -1.93. The van der Waals surface area contributed by atoms with Crippen molar-refractivity contribution in [1.82, 2.24) is 10.2 Å². The van der Waals surface area contributed by atoms with Gasteiger partial charge in [0, 0.05) is 18.7 Å². The van der Waals surface area contributed by atoms with Gasteiger partial charge in [0.25, 0.3) is 0 Å². The van der Waals surface area contributed by atoms with Gasteiger partial charge in [-0.25, -0.2) is 0 Å². The zero-order chi connectivity index (χ0) is 19.4. The molecule has 144 valence electrons. The molecule has 1 saturated heterocycles. The van der Waals surface area contributed by atoms with E-state index in [-0.39, 0.29) is 24.2 Å². The molecule has 0 saturated carbocycles. The number of nitrogens with one attached hydrogen (secondary N) is 1. The topological polar surface area (TPSA) is 75.2 Å². The number of nitrogens with zero attached hydrogens (tertiary/aromatic N) is 3. The average Bonchev–Trinajstić information content (AvgIpc) is 3.27. The normalized spacial score (nSPS) is 18.0. The zero-order valence-electron chi connectivity index (χ0n) is 15.8. The predicted molar refractivity (Wildman–Crippen MR) is 111 cm³/mol. The summed E-state index contributed by atoms with van der Waals surface area (Å²) in [6, 6.07) is 7.98. The Morgan fingerprint density at radius 1 is 1.37 bits per heavy atom. The molecular formula is C19H24N4O2S2. The Labute approximate surface area is 167 Å². The highest BCUT2D eigenvalue weighted by atomic mass is 32.2. The zero-order valence-corrected chi connectivity index (χ0v) is 17.4. The minimum Gasteiger partial charge on any atom is -0.311 e. The first kappa shape index (κ1) is 19.8. The van der Waals surface area contributed by atoms with Gasteiger partial charge < -0.3 is 10.2 Å². The summed E-state index contributed by atoms with van der Waals surface area (Å²) in [7, 11) is 0. The van der Waals surface area contributed by atoms with Gasteiger partial charge in [-0.2, -0.15) is 0 Å². The van der Waals surface area contributed by atoms with Crippen molar-refractivity contribution >= 4 is 45.7 Å². The molecule has 1 fully saturated rings. The summed E-state index contributed by atoms with van der Waals surface area (Å²) in [6.45, 7) is 6.73. The summed E-state index contributed by atoms with van der Waals surface area (Å²) < 4.78 is 0.833. The molecule has 8 heteroatoms. The van der Waals surface area contributed by atoms with E-state index in [2.05, 4.69) is 35.4 Å². The van der Waals surface area contributed by atoms with Crippen LogP contribution in [0.5, 0.6) is 0 Å². The standard InChI is InChI=1S/C19H24N4O2S2/c1-4-12(3)14-8-6-7-9-15(14)23-11-13(10-16(23)24)17(25)20-18-21-22-19(27-18)26-5-2/h6-9,12-13H,4-5,10-11H2,1-3H3,(H,20,21,25)/t12-,13-/m0/s1. The Morgan fingerprint density at radius 3 is 2.89 bits per heavy atom. The third-order valence-electron chi connectivity index (χ3n) is 4.77. The van der Waals surface area contributed by atoms with Crippen molar-refractivity contribution in [2.75, 3.05) is 22.5 Å². The lowest BCUT2D eigenvalue weighted by atomic mass is 9.96. The molecule has 2 aromatic rings. The second-order valence-electron chi connectivity index (χ2n) is 6.57. The van der Waals surface area contributed by atoms with Crippen molar-refractivity contribution in [3.8, 4) is 0 Å². The van der Waals surface area contributed by atoms with Crippen LogP contribution >= 0.6 is 23.1 Å². The van der Waals surface area contributed by atoms with Crippen molar-refractivity contribution in [2.45, 2.75) is 43.9 Å². The molecule has 3 rings (SSSR count). The monoisotopic (exact) mass is 404 g/mol. The van der Waals surface area contributed by atoms with Crippen LogP contribution in [-0.2, 0) is 9.59 Å². The Bertz CT molecular complexity index is 824. The average molecular weight is 405 g/mol. The highest BCUT2D eigenvalue weighted by Gasteiger charge is 2.36. The SMILES string of the molecule is CCSc1nnc(NC(=O)[C@H]2CC(=O)N(c3ccccc3[C@@H](C)CC)C2)s1. The van der Waals surface area contributed by atoms with Gasteiger partial charge in [0.15, 0.2) is 4.34 Å². The van der Waals surface area contributed by atoms with E-state index in [1.165, 1.54) is 11.3 Å². The lowest BCUT2D eigenvalue weighted by molar-refractivity contribution is -0.122. The first-order valence-electron chi connectivity index (χ1n) is 9.19. The fraction of sp³-hybridized carbons (Fsp3) is 0.474. The highest BCUT2D eigenvalue weighted by molar-refractivity contribution is 8.01. The van der Waals surface area contributed by atoms with E-state index >= 15 is 0 Å². The summed E-state index contributed by atoms with van der Waals surface area (Å²) in [5.74, 6) is 0.706. The molecule has 0 aliphatic carbocycles. The number of anilines is 2. The van der Waals surface area contributed by atoms with E-state index in [9.17, 15) is 9.59 Å². The minimum atomic E-state index is -0.381. The molecule has 1 aromatic heterocycles. The number of rotatable bonds is 7. The van der Waals surface area contributed by atoms with Crippen molar-refractivity contribution in [3.63, 3.8) is 0 Å². The number of amides is 2. The van der Waals surface area contributed by atoms with E-state index in [1.54, 1.807) is 16.7 Å². The van der Waals surface area contributed by atoms with Crippen molar-refractivity contribution in [1.29, 1.82) is 0 Å². The fourth-order valence-electron chi connectivity index (χ4n) is 3.14. The van der Waals surface area contributed by atoms with Crippen LogP contribution in [0.15, 0.2) is 28.6 Å². The van der Waals surface area contributed by atoms with Crippen molar-refractivity contribution in [3.05, 3.63) is 29.8 Å². The number of aromatic nitrogens is 2. The molecule has 0 radical (unpaired) electrons. The minimum absolute atomic E-state index is 0.00889. The molecule has 1 aliphatic heterocycles. The summed E-state index contributed by atoms with van der Waals surface area (Å²) in [4.78, 5) is 27.0. The molecule has 0 unspecified atom stereocenters. The van der Waals surface area contributed by atoms with E-state index in [4.69, 9.17) is 0 Å². The van der Waals surface area contributed by atoms with Crippen LogP contribution in [0.3, 0.4) is 0 Å². The first-order valence-corrected chi connectivity index (χ1v) is 11.0. The van der Waals surface area contributed by atoms with Crippen LogP contribution < -0.4 is 10.2 Å². The van der Waals surface area contributed by atoms with E-state index in [0.29, 0.717) is 17.6 Å². The highest BCUT2D eigenvalue weighted by Crippen LogP contribution is 2.34. The molecule has 0 spiro atoms. The molecule has 2 amide bonds. The molecule has 2 atom stereocenters. The van der Waals surface area contributed by atoms with Gasteiger partial charge in [0.1, 0.15) is 0 Å². The first-order chi connectivity index (χ1) is 13.0. The largest absolute Gasteiger partial charge is 0.311 e. The third kappa shape index (κ3) is 4.50. The van der Waals surface area contributed by atoms with Gasteiger partial charge in [-0.15, -0.1) is 10.2 Å². The smallest absolute Gasteiger partial charge is 0.231 e. The summed E-state index contributed by atoms with van der Waals surface area (Å²) >= 11 is 2.95. The van der Waals surface area contributed by atoms with E-state index in [1.807, 2.05) is 25.1 Å². The Kier molecular flexibility index (Phi) is 6.49.